The first-order chi connectivity index (χ1) is 9.73. The summed E-state index contributed by atoms with van der Waals surface area (Å²) in [5.74, 6) is 1.02. The molecule has 0 saturated heterocycles. The quantitative estimate of drug-likeness (QED) is 0.796. The van der Waals surface area contributed by atoms with Crippen molar-refractivity contribution in [3.05, 3.63) is 70.2 Å². The summed E-state index contributed by atoms with van der Waals surface area (Å²) in [4.78, 5) is 12.2. The predicted molar refractivity (Wildman–Crippen MR) is 82.7 cm³/mol. The smallest absolute Gasteiger partial charge is 0.137 e. The van der Waals surface area contributed by atoms with Crippen molar-refractivity contribution in [3.63, 3.8) is 0 Å². The SMILES string of the molecule is O=C1CC[C@]2(c3ccccc3)[C@H](c3ccc(Br)cc3)[C@H]12. The third-order valence-electron chi connectivity index (χ3n) is 5.01. The van der Waals surface area contributed by atoms with Gasteiger partial charge in [0, 0.05) is 28.1 Å². The molecule has 20 heavy (non-hydrogen) atoms. The average molecular weight is 327 g/mol. The van der Waals surface area contributed by atoms with Gasteiger partial charge in [-0.25, -0.2) is 0 Å². The van der Waals surface area contributed by atoms with Gasteiger partial charge in [-0.05, 0) is 29.7 Å². The molecule has 100 valence electrons. The molecule has 0 radical (unpaired) electrons. The molecule has 1 nitrogen and oxygen atoms in total. The Labute approximate surface area is 127 Å². The molecule has 2 aliphatic carbocycles. The molecule has 0 spiro atoms. The molecule has 0 unspecified atom stereocenters. The Morgan fingerprint density at radius 1 is 0.950 bits per heavy atom. The average Bonchev–Trinajstić information content (AvgIpc) is 3.05. The maximum atomic E-state index is 12.2. The van der Waals surface area contributed by atoms with Gasteiger partial charge < -0.3 is 0 Å². The van der Waals surface area contributed by atoms with Crippen LogP contribution in [0.15, 0.2) is 59.1 Å². The van der Waals surface area contributed by atoms with Crippen LogP contribution >= 0.6 is 15.9 Å². The summed E-state index contributed by atoms with van der Waals surface area (Å²) < 4.78 is 1.09. The summed E-state index contributed by atoms with van der Waals surface area (Å²) in [5.41, 5.74) is 2.71. The fourth-order valence-electron chi connectivity index (χ4n) is 4.12. The minimum Gasteiger partial charge on any atom is -0.299 e. The second-order valence-electron chi connectivity index (χ2n) is 5.88. The molecular formula is C18H15BrO. The van der Waals surface area contributed by atoms with Crippen molar-refractivity contribution in [1.29, 1.82) is 0 Å². The van der Waals surface area contributed by atoms with Gasteiger partial charge in [-0.15, -0.1) is 0 Å². The number of hydrogen-bond acceptors (Lipinski definition) is 1. The van der Waals surface area contributed by atoms with Gasteiger partial charge in [-0.3, -0.25) is 4.79 Å². The van der Waals surface area contributed by atoms with E-state index in [1.54, 1.807) is 0 Å². The Bertz CT molecular complexity index is 662. The Hall–Kier alpha value is -1.41. The number of rotatable bonds is 2. The van der Waals surface area contributed by atoms with Crippen molar-refractivity contribution in [2.45, 2.75) is 24.2 Å². The van der Waals surface area contributed by atoms with Crippen LogP contribution in [0.5, 0.6) is 0 Å². The molecule has 2 heteroatoms. The van der Waals surface area contributed by atoms with Crippen LogP contribution in [0.4, 0.5) is 0 Å². The number of hydrogen-bond donors (Lipinski definition) is 0. The lowest BCUT2D eigenvalue weighted by molar-refractivity contribution is -0.119. The zero-order valence-electron chi connectivity index (χ0n) is 11.1. The summed E-state index contributed by atoms with van der Waals surface area (Å²) >= 11 is 3.48. The van der Waals surface area contributed by atoms with Gasteiger partial charge in [0.15, 0.2) is 0 Å². The fourth-order valence-corrected chi connectivity index (χ4v) is 4.39. The van der Waals surface area contributed by atoms with Gasteiger partial charge in [0.25, 0.3) is 0 Å². The lowest BCUT2D eigenvalue weighted by Crippen LogP contribution is -2.08. The number of halogens is 1. The maximum absolute atomic E-state index is 12.2. The van der Waals surface area contributed by atoms with Gasteiger partial charge >= 0.3 is 0 Å². The molecule has 2 aromatic carbocycles. The van der Waals surface area contributed by atoms with Crippen molar-refractivity contribution < 1.29 is 4.79 Å². The monoisotopic (exact) mass is 326 g/mol. The zero-order chi connectivity index (χ0) is 13.7. The van der Waals surface area contributed by atoms with E-state index < -0.39 is 0 Å². The Morgan fingerprint density at radius 2 is 1.65 bits per heavy atom. The van der Waals surface area contributed by atoms with Crippen LogP contribution in [0.3, 0.4) is 0 Å². The highest BCUT2D eigenvalue weighted by Gasteiger charge is 2.71. The highest BCUT2D eigenvalue weighted by atomic mass is 79.9. The minimum atomic E-state index is 0.0756. The normalized spacial score (nSPS) is 31.1. The van der Waals surface area contributed by atoms with Crippen molar-refractivity contribution in [1.82, 2.24) is 0 Å². The van der Waals surface area contributed by atoms with Crippen LogP contribution in [0.2, 0.25) is 0 Å². The van der Waals surface area contributed by atoms with E-state index in [1.807, 2.05) is 6.07 Å². The highest BCUT2D eigenvalue weighted by Crippen LogP contribution is 2.72. The van der Waals surface area contributed by atoms with Crippen molar-refractivity contribution in [3.8, 4) is 0 Å². The van der Waals surface area contributed by atoms with Crippen molar-refractivity contribution in [2.24, 2.45) is 5.92 Å². The van der Waals surface area contributed by atoms with E-state index in [4.69, 9.17) is 0 Å². The number of benzene rings is 2. The molecule has 0 heterocycles. The van der Waals surface area contributed by atoms with Crippen LogP contribution < -0.4 is 0 Å². The molecular weight excluding hydrogens is 312 g/mol. The minimum absolute atomic E-state index is 0.0756. The number of ketones is 1. The third-order valence-corrected chi connectivity index (χ3v) is 5.54. The van der Waals surface area contributed by atoms with Crippen LogP contribution in [-0.2, 0) is 10.2 Å². The van der Waals surface area contributed by atoms with Gasteiger partial charge in [-0.2, -0.15) is 0 Å². The van der Waals surface area contributed by atoms with E-state index in [-0.39, 0.29) is 11.3 Å². The molecule has 3 atom stereocenters. The first-order valence-electron chi connectivity index (χ1n) is 7.07. The van der Waals surface area contributed by atoms with Crippen molar-refractivity contribution >= 4 is 21.7 Å². The Kier molecular flexibility index (Phi) is 2.65. The topological polar surface area (TPSA) is 17.1 Å². The third kappa shape index (κ3) is 1.58. The molecule has 4 rings (SSSR count). The second-order valence-corrected chi connectivity index (χ2v) is 6.80. The first kappa shape index (κ1) is 12.3. The molecule has 2 saturated carbocycles. The molecule has 2 aromatic rings. The Morgan fingerprint density at radius 3 is 2.35 bits per heavy atom. The number of carbonyl (C=O) groups is 1. The van der Waals surface area contributed by atoms with Crippen LogP contribution in [-0.4, -0.2) is 5.78 Å². The summed E-state index contributed by atoms with van der Waals surface area (Å²) in [7, 11) is 0. The Balaban J connectivity index is 1.79. The summed E-state index contributed by atoms with van der Waals surface area (Å²) in [6, 6.07) is 19.1. The van der Waals surface area contributed by atoms with Gasteiger partial charge in [0.05, 0.1) is 0 Å². The van der Waals surface area contributed by atoms with Crippen LogP contribution in [0.25, 0.3) is 0 Å². The van der Waals surface area contributed by atoms with E-state index in [0.29, 0.717) is 11.7 Å². The standard InChI is InChI=1S/C18H15BrO/c19-14-8-6-12(7-9-14)16-17-15(20)10-11-18(16,17)13-4-2-1-3-5-13/h1-9,16-17H,10-11H2/t16-,17+,18+/m1/s1. The summed E-state index contributed by atoms with van der Waals surface area (Å²) in [6.07, 6.45) is 1.74. The van der Waals surface area contributed by atoms with Crippen LogP contribution in [0.1, 0.15) is 29.9 Å². The summed E-state index contributed by atoms with van der Waals surface area (Å²) in [5, 5.41) is 0. The fraction of sp³-hybridized carbons (Fsp3) is 0.278. The van der Waals surface area contributed by atoms with E-state index in [0.717, 1.165) is 17.3 Å². The van der Waals surface area contributed by atoms with Gasteiger partial charge in [0.1, 0.15) is 5.78 Å². The molecule has 0 N–H and O–H groups in total. The van der Waals surface area contributed by atoms with Gasteiger partial charge in [-0.1, -0.05) is 58.4 Å². The molecule has 0 bridgehead atoms. The first-order valence-corrected chi connectivity index (χ1v) is 7.86. The largest absolute Gasteiger partial charge is 0.299 e. The molecule has 0 amide bonds. The molecule has 0 aromatic heterocycles. The predicted octanol–water partition coefficient (Wildman–Crippen LogP) is 4.46. The summed E-state index contributed by atoms with van der Waals surface area (Å²) in [6.45, 7) is 0. The molecule has 2 fully saturated rings. The zero-order valence-corrected chi connectivity index (χ0v) is 12.6. The van der Waals surface area contributed by atoms with E-state index >= 15 is 0 Å². The number of carbonyl (C=O) groups excluding carboxylic acids is 1. The molecule has 2 aliphatic rings. The lowest BCUT2D eigenvalue weighted by atomic mass is 9.88. The highest BCUT2D eigenvalue weighted by molar-refractivity contribution is 9.10. The van der Waals surface area contributed by atoms with E-state index in [2.05, 4.69) is 64.5 Å². The van der Waals surface area contributed by atoms with E-state index in [1.165, 1.54) is 11.1 Å². The van der Waals surface area contributed by atoms with Crippen molar-refractivity contribution in [2.75, 3.05) is 0 Å². The number of fused-ring (bicyclic) bond motifs is 1. The van der Waals surface area contributed by atoms with Crippen LogP contribution in [0, 0.1) is 5.92 Å². The lowest BCUT2D eigenvalue weighted by Gasteiger charge is -2.15. The second kappa shape index (κ2) is 4.29. The van der Waals surface area contributed by atoms with Gasteiger partial charge in [0.2, 0.25) is 0 Å². The van der Waals surface area contributed by atoms with E-state index in [9.17, 15) is 4.79 Å². The number of Topliss-reactive ketones (excluding diaryl/α,β-unsaturated/α-hetero) is 1. The molecule has 0 aliphatic heterocycles. The maximum Gasteiger partial charge on any atom is 0.137 e.